The Kier molecular flexibility index (Phi) is 6.34. The Balaban J connectivity index is 1.66. The Bertz CT molecular complexity index is 737. The fraction of sp³-hybridized carbons (Fsp3) is 0.455. The molecule has 2 aromatic carbocycles. The predicted octanol–water partition coefficient (Wildman–Crippen LogP) is 4.35. The van der Waals surface area contributed by atoms with Crippen molar-refractivity contribution in [3.63, 3.8) is 0 Å². The van der Waals surface area contributed by atoms with Gasteiger partial charge in [0, 0.05) is 17.7 Å². The molecule has 4 nitrogen and oxygen atoms in total. The third-order valence-corrected chi connectivity index (χ3v) is 5.64. The van der Waals surface area contributed by atoms with Gasteiger partial charge in [-0.1, -0.05) is 18.2 Å². The molecule has 0 amide bonds. The molecule has 146 valence electrons. The van der Waals surface area contributed by atoms with Crippen LogP contribution in [0.3, 0.4) is 0 Å². The van der Waals surface area contributed by atoms with Crippen molar-refractivity contribution in [3.8, 4) is 11.5 Å². The molecule has 0 spiro atoms. The van der Waals surface area contributed by atoms with Crippen LogP contribution < -0.4 is 9.47 Å². The van der Waals surface area contributed by atoms with E-state index in [0.717, 1.165) is 37.1 Å². The quantitative estimate of drug-likeness (QED) is 0.817. The summed E-state index contributed by atoms with van der Waals surface area (Å²) in [5, 5.41) is 10.9. The Hall–Kier alpha value is -2.11. The van der Waals surface area contributed by atoms with Crippen molar-refractivity contribution in [2.24, 2.45) is 5.92 Å². The number of aliphatic hydroxyl groups excluding tert-OH is 1. The monoisotopic (exact) mass is 373 g/mol. The molecule has 2 atom stereocenters. The first kappa shape index (κ1) is 19.6. The molecular weight excluding hydrogens is 345 g/mol. The zero-order valence-electron chi connectivity index (χ0n) is 16.2. The minimum absolute atomic E-state index is 0.0289. The van der Waals surface area contributed by atoms with Crippen LogP contribution in [0.5, 0.6) is 11.5 Å². The third-order valence-electron chi connectivity index (χ3n) is 5.64. The average molecular weight is 373 g/mol. The molecule has 0 aliphatic carbocycles. The van der Waals surface area contributed by atoms with Gasteiger partial charge in [0.05, 0.1) is 20.3 Å². The second kappa shape index (κ2) is 8.72. The van der Waals surface area contributed by atoms with Crippen LogP contribution in [0.4, 0.5) is 4.39 Å². The van der Waals surface area contributed by atoms with Crippen molar-refractivity contribution in [1.29, 1.82) is 0 Å². The summed E-state index contributed by atoms with van der Waals surface area (Å²) < 4.78 is 24.7. The number of hydrogen-bond acceptors (Lipinski definition) is 4. The Morgan fingerprint density at radius 2 is 1.63 bits per heavy atom. The summed E-state index contributed by atoms with van der Waals surface area (Å²) >= 11 is 0. The number of ether oxygens (including phenoxy) is 2. The second-order valence-corrected chi connectivity index (χ2v) is 7.16. The topological polar surface area (TPSA) is 41.9 Å². The molecule has 5 heteroatoms. The lowest BCUT2D eigenvalue weighted by Gasteiger charge is -2.38. The molecule has 3 rings (SSSR count). The van der Waals surface area contributed by atoms with E-state index < -0.39 is 6.10 Å². The molecule has 1 N–H and O–H groups in total. The van der Waals surface area contributed by atoms with Gasteiger partial charge in [0.2, 0.25) is 0 Å². The van der Waals surface area contributed by atoms with Gasteiger partial charge in [0.25, 0.3) is 0 Å². The summed E-state index contributed by atoms with van der Waals surface area (Å²) in [5.74, 6) is 1.35. The highest BCUT2D eigenvalue weighted by Gasteiger charge is 2.29. The lowest BCUT2D eigenvalue weighted by molar-refractivity contribution is 0.0465. The largest absolute Gasteiger partial charge is 0.497 e. The third kappa shape index (κ3) is 4.42. The van der Waals surface area contributed by atoms with E-state index in [4.69, 9.17) is 9.47 Å². The first-order chi connectivity index (χ1) is 13.0. The number of rotatable bonds is 6. The normalized spacial score (nSPS) is 18.1. The highest BCUT2D eigenvalue weighted by molar-refractivity contribution is 5.39. The van der Waals surface area contributed by atoms with Crippen molar-refractivity contribution in [2.75, 3.05) is 27.3 Å². The van der Waals surface area contributed by atoms with Gasteiger partial charge in [-0.05, 0) is 62.5 Å². The number of hydrogen-bond donors (Lipinski definition) is 1. The van der Waals surface area contributed by atoms with E-state index in [2.05, 4.69) is 4.90 Å². The Morgan fingerprint density at radius 1 is 1.04 bits per heavy atom. The zero-order chi connectivity index (χ0) is 19.4. The van der Waals surface area contributed by atoms with Gasteiger partial charge >= 0.3 is 0 Å². The maximum atomic E-state index is 14.1. The van der Waals surface area contributed by atoms with E-state index in [9.17, 15) is 9.50 Å². The summed E-state index contributed by atoms with van der Waals surface area (Å²) in [6.45, 7) is 3.71. The molecule has 1 aliphatic heterocycles. The van der Waals surface area contributed by atoms with Crippen LogP contribution in [0, 0.1) is 11.7 Å². The molecule has 0 aromatic heterocycles. The van der Waals surface area contributed by atoms with Gasteiger partial charge < -0.3 is 14.6 Å². The van der Waals surface area contributed by atoms with E-state index in [1.165, 1.54) is 6.07 Å². The molecule has 0 saturated carbocycles. The van der Waals surface area contributed by atoms with Crippen molar-refractivity contribution in [2.45, 2.75) is 31.9 Å². The lowest BCUT2D eigenvalue weighted by atomic mass is 9.86. The Labute approximate surface area is 160 Å². The van der Waals surface area contributed by atoms with Crippen molar-refractivity contribution in [3.05, 3.63) is 59.4 Å². The Morgan fingerprint density at radius 3 is 2.19 bits per heavy atom. The summed E-state index contributed by atoms with van der Waals surface area (Å²) in [5.41, 5.74) is 1.54. The van der Waals surface area contributed by atoms with Gasteiger partial charge in [-0.15, -0.1) is 0 Å². The molecule has 0 radical (unpaired) electrons. The number of piperidine rings is 1. The minimum atomic E-state index is -0.570. The van der Waals surface area contributed by atoms with Gasteiger partial charge in [0.15, 0.2) is 0 Å². The summed E-state index contributed by atoms with van der Waals surface area (Å²) in [7, 11) is 3.21. The SMILES string of the molecule is COc1cc(OC)cc(C(O)C2CCN(C(C)c3ccccc3F)CC2)c1. The van der Waals surface area contributed by atoms with E-state index in [0.29, 0.717) is 11.5 Å². The first-order valence-corrected chi connectivity index (χ1v) is 9.43. The zero-order valence-corrected chi connectivity index (χ0v) is 16.2. The highest BCUT2D eigenvalue weighted by Crippen LogP contribution is 2.36. The molecule has 1 aliphatic rings. The van der Waals surface area contributed by atoms with Crippen molar-refractivity contribution < 1.29 is 19.0 Å². The van der Waals surface area contributed by atoms with Crippen LogP contribution in [-0.2, 0) is 0 Å². The molecule has 1 fully saturated rings. The average Bonchev–Trinajstić information content (AvgIpc) is 2.72. The van der Waals surface area contributed by atoms with Gasteiger partial charge in [-0.2, -0.15) is 0 Å². The number of aliphatic hydroxyl groups is 1. The number of methoxy groups -OCH3 is 2. The molecule has 2 aromatic rings. The maximum Gasteiger partial charge on any atom is 0.127 e. The second-order valence-electron chi connectivity index (χ2n) is 7.16. The molecule has 1 heterocycles. The molecule has 2 unspecified atom stereocenters. The van der Waals surface area contributed by atoms with Crippen LogP contribution in [0.1, 0.15) is 43.0 Å². The lowest BCUT2D eigenvalue weighted by Crippen LogP contribution is -2.37. The summed E-state index contributed by atoms with van der Waals surface area (Å²) in [6, 6.07) is 12.5. The summed E-state index contributed by atoms with van der Waals surface area (Å²) in [6.07, 6.45) is 1.15. The van der Waals surface area contributed by atoms with Crippen LogP contribution >= 0.6 is 0 Å². The fourth-order valence-corrected chi connectivity index (χ4v) is 3.91. The number of likely N-dealkylation sites (tertiary alicyclic amines) is 1. The van der Waals surface area contributed by atoms with E-state index in [1.807, 2.05) is 31.2 Å². The first-order valence-electron chi connectivity index (χ1n) is 9.43. The van der Waals surface area contributed by atoms with Crippen LogP contribution in [0.25, 0.3) is 0 Å². The van der Waals surface area contributed by atoms with Crippen molar-refractivity contribution >= 4 is 0 Å². The molecule has 27 heavy (non-hydrogen) atoms. The predicted molar refractivity (Wildman–Crippen MR) is 104 cm³/mol. The highest BCUT2D eigenvalue weighted by atomic mass is 19.1. The van der Waals surface area contributed by atoms with Gasteiger partial charge in [0.1, 0.15) is 17.3 Å². The van der Waals surface area contributed by atoms with Crippen LogP contribution in [-0.4, -0.2) is 37.3 Å². The molecular formula is C22H28FNO3. The standard InChI is InChI=1S/C22H28FNO3/c1-15(20-6-4-5-7-21(20)23)24-10-8-16(9-11-24)22(25)17-12-18(26-2)14-19(13-17)27-3/h4-7,12-16,22,25H,8-11H2,1-3H3. The van der Waals surface area contributed by atoms with Crippen LogP contribution in [0.2, 0.25) is 0 Å². The van der Waals surface area contributed by atoms with Crippen LogP contribution in [0.15, 0.2) is 42.5 Å². The van der Waals surface area contributed by atoms with E-state index in [-0.39, 0.29) is 17.8 Å². The van der Waals surface area contributed by atoms with E-state index in [1.54, 1.807) is 26.4 Å². The minimum Gasteiger partial charge on any atom is -0.497 e. The molecule has 0 bridgehead atoms. The number of halogens is 1. The van der Waals surface area contributed by atoms with Gasteiger partial charge in [-0.25, -0.2) is 4.39 Å². The number of benzene rings is 2. The van der Waals surface area contributed by atoms with Gasteiger partial charge in [-0.3, -0.25) is 4.90 Å². The maximum absolute atomic E-state index is 14.1. The molecule has 1 saturated heterocycles. The number of nitrogens with zero attached hydrogens (tertiary/aromatic N) is 1. The summed E-state index contributed by atoms with van der Waals surface area (Å²) in [4.78, 5) is 2.29. The fourth-order valence-electron chi connectivity index (χ4n) is 3.91. The van der Waals surface area contributed by atoms with E-state index >= 15 is 0 Å². The van der Waals surface area contributed by atoms with Crippen molar-refractivity contribution in [1.82, 2.24) is 4.90 Å². The smallest absolute Gasteiger partial charge is 0.127 e.